The van der Waals surface area contributed by atoms with Gasteiger partial charge in [0.25, 0.3) is 11.8 Å². The summed E-state index contributed by atoms with van der Waals surface area (Å²) in [5, 5.41) is 4.46. The summed E-state index contributed by atoms with van der Waals surface area (Å²) in [4.78, 5) is 34.8. The van der Waals surface area contributed by atoms with Crippen LogP contribution in [0.5, 0.6) is 0 Å². The van der Waals surface area contributed by atoms with Crippen molar-refractivity contribution >= 4 is 23.6 Å². The average Bonchev–Trinajstić information content (AvgIpc) is 3.21. The first kappa shape index (κ1) is 21.1. The van der Waals surface area contributed by atoms with E-state index < -0.39 is 0 Å². The van der Waals surface area contributed by atoms with E-state index in [1.54, 1.807) is 35.1 Å². The molecule has 4 rings (SSSR count). The van der Waals surface area contributed by atoms with Crippen molar-refractivity contribution in [3.05, 3.63) is 70.7 Å². The van der Waals surface area contributed by atoms with E-state index in [0.29, 0.717) is 42.5 Å². The van der Waals surface area contributed by atoms with Crippen LogP contribution in [0.2, 0.25) is 0 Å². The predicted molar refractivity (Wildman–Crippen MR) is 117 cm³/mol. The molecule has 0 radical (unpaired) electrons. The lowest BCUT2D eigenvalue weighted by molar-refractivity contribution is 0.0510. The normalized spacial score (nSPS) is 14.0. The van der Waals surface area contributed by atoms with E-state index in [0.717, 1.165) is 10.5 Å². The molecule has 2 aromatic heterocycles. The Morgan fingerprint density at radius 3 is 2.32 bits per heavy atom. The van der Waals surface area contributed by atoms with Crippen molar-refractivity contribution < 1.29 is 14.1 Å². The van der Waals surface area contributed by atoms with Crippen LogP contribution in [0.25, 0.3) is 0 Å². The summed E-state index contributed by atoms with van der Waals surface area (Å²) < 4.78 is 5.08. The Labute approximate surface area is 185 Å². The van der Waals surface area contributed by atoms with Crippen LogP contribution in [0.15, 0.2) is 57.0 Å². The van der Waals surface area contributed by atoms with Gasteiger partial charge in [-0.25, -0.2) is 4.98 Å². The van der Waals surface area contributed by atoms with Gasteiger partial charge in [0.05, 0.1) is 11.3 Å². The summed E-state index contributed by atoms with van der Waals surface area (Å²) >= 11 is 1.50. The van der Waals surface area contributed by atoms with Crippen molar-refractivity contribution in [3.63, 3.8) is 0 Å². The number of piperazine rings is 1. The van der Waals surface area contributed by atoms with Crippen LogP contribution in [-0.2, 0) is 0 Å². The number of benzene rings is 1. The highest BCUT2D eigenvalue weighted by molar-refractivity contribution is 7.99. The molecule has 1 aliphatic rings. The number of carbonyl (C=O) groups excluding carboxylic acids is 2. The Hall–Kier alpha value is -3.13. The van der Waals surface area contributed by atoms with E-state index in [2.05, 4.69) is 42.2 Å². The van der Waals surface area contributed by atoms with E-state index in [1.807, 2.05) is 6.07 Å². The SMILES string of the molecule is Cc1ccc(Sc2ncccc2C(=O)N2CCN(C(=O)c3cc(C)no3)CC2)c(C)c1. The molecular weight excluding hydrogens is 412 g/mol. The molecule has 2 amide bonds. The largest absolute Gasteiger partial charge is 0.351 e. The summed E-state index contributed by atoms with van der Waals surface area (Å²) in [6, 6.07) is 11.5. The molecule has 1 fully saturated rings. The number of rotatable bonds is 4. The molecule has 0 aliphatic carbocycles. The van der Waals surface area contributed by atoms with Gasteiger partial charge < -0.3 is 14.3 Å². The minimum atomic E-state index is -0.194. The second-order valence-electron chi connectivity index (χ2n) is 7.64. The number of aryl methyl sites for hydroxylation is 3. The summed E-state index contributed by atoms with van der Waals surface area (Å²) in [7, 11) is 0. The van der Waals surface area contributed by atoms with Crippen molar-refractivity contribution in [1.82, 2.24) is 19.9 Å². The van der Waals surface area contributed by atoms with Crippen LogP contribution in [0.1, 0.15) is 37.7 Å². The predicted octanol–water partition coefficient (Wildman–Crippen LogP) is 3.74. The Kier molecular flexibility index (Phi) is 6.08. The fourth-order valence-corrected chi connectivity index (χ4v) is 4.50. The van der Waals surface area contributed by atoms with Gasteiger partial charge in [0.2, 0.25) is 5.76 Å². The molecule has 1 aliphatic heterocycles. The van der Waals surface area contributed by atoms with Crippen LogP contribution in [-0.4, -0.2) is 57.9 Å². The maximum atomic E-state index is 13.2. The number of amides is 2. The Balaban J connectivity index is 1.45. The van der Waals surface area contributed by atoms with E-state index >= 15 is 0 Å². The second kappa shape index (κ2) is 8.93. The van der Waals surface area contributed by atoms with Crippen LogP contribution >= 0.6 is 11.8 Å². The van der Waals surface area contributed by atoms with Gasteiger partial charge >= 0.3 is 0 Å². The maximum absolute atomic E-state index is 13.2. The molecule has 0 N–H and O–H groups in total. The summed E-state index contributed by atoms with van der Waals surface area (Å²) in [5.41, 5.74) is 3.61. The van der Waals surface area contributed by atoms with Gasteiger partial charge in [0.15, 0.2) is 0 Å². The molecule has 0 bridgehead atoms. The van der Waals surface area contributed by atoms with Crippen LogP contribution in [0.4, 0.5) is 0 Å². The highest BCUT2D eigenvalue weighted by Gasteiger charge is 2.28. The van der Waals surface area contributed by atoms with Crippen molar-refractivity contribution in [1.29, 1.82) is 0 Å². The molecule has 0 unspecified atom stereocenters. The third-order valence-corrected chi connectivity index (χ3v) is 6.43. The fourth-order valence-electron chi connectivity index (χ4n) is 3.56. The summed E-state index contributed by atoms with van der Waals surface area (Å²) in [5.74, 6) is -0.0279. The molecule has 31 heavy (non-hydrogen) atoms. The lowest BCUT2D eigenvalue weighted by Gasteiger charge is -2.34. The standard InChI is InChI=1S/C23H24N4O3S/c1-15-6-7-20(16(2)13-15)31-21-18(5-4-8-24-21)22(28)26-9-11-27(12-10-26)23(29)19-14-17(3)25-30-19/h4-8,13-14H,9-12H2,1-3H3. The zero-order valence-corrected chi connectivity index (χ0v) is 18.6. The van der Waals surface area contributed by atoms with E-state index in [9.17, 15) is 9.59 Å². The lowest BCUT2D eigenvalue weighted by atomic mass is 10.2. The third kappa shape index (κ3) is 4.64. The van der Waals surface area contributed by atoms with E-state index in [-0.39, 0.29) is 17.6 Å². The van der Waals surface area contributed by atoms with Crippen molar-refractivity contribution in [2.24, 2.45) is 0 Å². The van der Waals surface area contributed by atoms with Gasteiger partial charge in [-0.1, -0.05) is 34.6 Å². The van der Waals surface area contributed by atoms with Gasteiger partial charge in [-0.05, 0) is 44.5 Å². The molecule has 1 aromatic carbocycles. The highest BCUT2D eigenvalue weighted by atomic mass is 32.2. The smallest absolute Gasteiger partial charge is 0.292 e. The number of carbonyl (C=O) groups is 2. The number of aromatic nitrogens is 2. The van der Waals surface area contributed by atoms with Gasteiger partial charge in [0.1, 0.15) is 5.03 Å². The molecule has 8 heteroatoms. The third-order valence-electron chi connectivity index (χ3n) is 5.23. The Morgan fingerprint density at radius 1 is 0.968 bits per heavy atom. The van der Waals surface area contributed by atoms with Crippen molar-refractivity contribution in [2.45, 2.75) is 30.7 Å². The molecule has 160 valence electrons. The van der Waals surface area contributed by atoms with E-state index in [4.69, 9.17) is 4.52 Å². The second-order valence-corrected chi connectivity index (χ2v) is 8.67. The van der Waals surface area contributed by atoms with Crippen LogP contribution < -0.4 is 0 Å². The Bertz CT molecular complexity index is 1120. The molecule has 0 spiro atoms. The van der Waals surface area contributed by atoms with Crippen molar-refractivity contribution in [2.75, 3.05) is 26.2 Å². The van der Waals surface area contributed by atoms with Gasteiger partial charge in [0, 0.05) is 43.3 Å². The molecule has 1 saturated heterocycles. The fraction of sp³-hybridized carbons (Fsp3) is 0.304. The minimum Gasteiger partial charge on any atom is -0.351 e. The Morgan fingerprint density at radius 2 is 1.68 bits per heavy atom. The minimum absolute atomic E-state index is 0.0667. The van der Waals surface area contributed by atoms with Gasteiger partial charge in [-0.15, -0.1) is 0 Å². The summed E-state index contributed by atoms with van der Waals surface area (Å²) in [6.07, 6.45) is 1.71. The zero-order chi connectivity index (χ0) is 22.0. The topological polar surface area (TPSA) is 79.5 Å². The molecular formula is C23H24N4O3S. The molecule has 0 saturated carbocycles. The molecule has 3 heterocycles. The maximum Gasteiger partial charge on any atom is 0.292 e. The van der Waals surface area contributed by atoms with Crippen LogP contribution in [0, 0.1) is 20.8 Å². The highest BCUT2D eigenvalue weighted by Crippen LogP contribution is 2.32. The average molecular weight is 437 g/mol. The number of nitrogens with zero attached hydrogens (tertiary/aromatic N) is 4. The summed E-state index contributed by atoms with van der Waals surface area (Å²) in [6.45, 7) is 7.71. The zero-order valence-electron chi connectivity index (χ0n) is 17.8. The molecule has 3 aromatic rings. The van der Waals surface area contributed by atoms with Crippen LogP contribution in [0.3, 0.4) is 0 Å². The quantitative estimate of drug-likeness (QED) is 0.620. The first-order valence-electron chi connectivity index (χ1n) is 10.1. The van der Waals surface area contributed by atoms with Crippen molar-refractivity contribution in [3.8, 4) is 0 Å². The number of hydrogen-bond donors (Lipinski definition) is 0. The number of pyridine rings is 1. The van der Waals surface area contributed by atoms with Gasteiger partial charge in [-0.3, -0.25) is 9.59 Å². The van der Waals surface area contributed by atoms with Gasteiger partial charge in [-0.2, -0.15) is 0 Å². The number of hydrogen-bond acceptors (Lipinski definition) is 6. The first-order chi connectivity index (χ1) is 14.9. The molecule has 0 atom stereocenters. The van der Waals surface area contributed by atoms with E-state index in [1.165, 1.54) is 17.3 Å². The first-order valence-corrected chi connectivity index (χ1v) is 11.0. The lowest BCUT2D eigenvalue weighted by Crippen LogP contribution is -2.50. The monoisotopic (exact) mass is 436 g/mol. The molecule has 7 nitrogen and oxygen atoms in total.